The molecule has 0 radical (unpaired) electrons. The quantitative estimate of drug-likeness (QED) is 0.616. The Bertz CT molecular complexity index is 609. The molecule has 0 N–H and O–H groups in total. The number of hydrogen-bond donors (Lipinski definition) is 0. The molecule has 0 bridgehead atoms. The summed E-state index contributed by atoms with van der Waals surface area (Å²) in [5, 5.41) is 1.21. The van der Waals surface area contributed by atoms with Gasteiger partial charge < -0.3 is 9.47 Å². The van der Waals surface area contributed by atoms with Crippen molar-refractivity contribution >= 4 is 29.2 Å². The molecule has 2 rings (SSSR count). The topological polar surface area (TPSA) is 35.5 Å². The summed E-state index contributed by atoms with van der Waals surface area (Å²) in [6.07, 6.45) is 0. The molecule has 0 saturated carbocycles. The summed E-state index contributed by atoms with van der Waals surface area (Å²) < 4.78 is 10.5. The van der Waals surface area contributed by atoms with Crippen LogP contribution in [0.15, 0.2) is 42.5 Å². The van der Waals surface area contributed by atoms with Gasteiger partial charge in [-0.25, -0.2) is 0 Å². The largest absolute Gasteiger partial charge is 0.489 e. The van der Waals surface area contributed by atoms with Crippen molar-refractivity contribution in [1.29, 1.82) is 0 Å². The fourth-order valence-corrected chi connectivity index (χ4v) is 1.95. The zero-order chi connectivity index (χ0) is 14.5. The van der Waals surface area contributed by atoms with Crippen molar-refractivity contribution in [2.24, 2.45) is 0 Å². The summed E-state index contributed by atoms with van der Waals surface area (Å²) in [5.41, 5.74) is 0.809. The lowest BCUT2D eigenvalue weighted by Gasteiger charge is -2.09. The zero-order valence-corrected chi connectivity index (χ0v) is 12.2. The predicted molar refractivity (Wildman–Crippen MR) is 78.5 cm³/mol. The van der Waals surface area contributed by atoms with Crippen molar-refractivity contribution in [2.75, 3.05) is 0 Å². The van der Waals surface area contributed by atoms with Gasteiger partial charge in [0.15, 0.2) is 0 Å². The molecule has 2 aromatic carbocycles. The first kappa shape index (κ1) is 14.7. The lowest BCUT2D eigenvalue weighted by molar-refractivity contribution is -0.131. The van der Waals surface area contributed by atoms with Crippen LogP contribution in [-0.4, -0.2) is 5.97 Å². The van der Waals surface area contributed by atoms with Crippen LogP contribution in [0, 0.1) is 0 Å². The molecule has 5 heteroatoms. The van der Waals surface area contributed by atoms with Gasteiger partial charge in [0.1, 0.15) is 18.1 Å². The van der Waals surface area contributed by atoms with E-state index in [0.29, 0.717) is 28.2 Å². The molecule has 0 aliphatic heterocycles. The van der Waals surface area contributed by atoms with Crippen molar-refractivity contribution in [3.63, 3.8) is 0 Å². The van der Waals surface area contributed by atoms with Crippen molar-refractivity contribution in [2.45, 2.75) is 13.5 Å². The molecule has 0 amide bonds. The molecular formula is C15H12Cl2O3. The number of benzene rings is 2. The van der Waals surface area contributed by atoms with E-state index in [9.17, 15) is 4.79 Å². The second-order valence-corrected chi connectivity index (χ2v) is 4.93. The van der Waals surface area contributed by atoms with E-state index >= 15 is 0 Å². The highest BCUT2D eigenvalue weighted by molar-refractivity contribution is 6.33. The van der Waals surface area contributed by atoms with E-state index in [1.54, 1.807) is 42.5 Å². The van der Waals surface area contributed by atoms with E-state index in [4.69, 9.17) is 32.7 Å². The van der Waals surface area contributed by atoms with Gasteiger partial charge in [0.05, 0.1) is 0 Å². The van der Waals surface area contributed by atoms with Gasteiger partial charge in [0.2, 0.25) is 0 Å². The fraction of sp³-hybridized carbons (Fsp3) is 0.133. The van der Waals surface area contributed by atoms with Crippen LogP contribution in [0.1, 0.15) is 12.5 Å². The Morgan fingerprint density at radius 3 is 2.35 bits per heavy atom. The van der Waals surface area contributed by atoms with Crippen molar-refractivity contribution in [3.05, 3.63) is 58.1 Å². The summed E-state index contributed by atoms with van der Waals surface area (Å²) in [6, 6.07) is 12.0. The molecule has 0 heterocycles. The summed E-state index contributed by atoms with van der Waals surface area (Å²) in [4.78, 5) is 10.8. The van der Waals surface area contributed by atoms with Crippen LogP contribution >= 0.6 is 23.2 Å². The standard InChI is InChI=1S/C15H12Cl2O3/c1-10(18)20-14-5-3-13(4-6-14)19-9-11-8-12(16)2-7-15(11)17/h2-8H,9H2,1H3. The van der Waals surface area contributed by atoms with Gasteiger partial charge in [0, 0.05) is 22.5 Å². The van der Waals surface area contributed by atoms with E-state index in [1.165, 1.54) is 6.92 Å². The molecule has 0 saturated heterocycles. The van der Waals surface area contributed by atoms with Crippen LogP contribution in [0.3, 0.4) is 0 Å². The molecule has 0 unspecified atom stereocenters. The maximum Gasteiger partial charge on any atom is 0.308 e. The van der Waals surface area contributed by atoms with Gasteiger partial charge in [-0.2, -0.15) is 0 Å². The van der Waals surface area contributed by atoms with Crippen LogP contribution < -0.4 is 9.47 Å². The molecule has 0 fully saturated rings. The van der Waals surface area contributed by atoms with Crippen molar-refractivity contribution in [3.8, 4) is 11.5 Å². The van der Waals surface area contributed by atoms with Crippen LogP contribution in [-0.2, 0) is 11.4 Å². The Kier molecular flexibility index (Phi) is 4.88. The second-order valence-electron chi connectivity index (χ2n) is 4.09. The number of rotatable bonds is 4. The minimum Gasteiger partial charge on any atom is -0.489 e. The van der Waals surface area contributed by atoms with Crippen molar-refractivity contribution in [1.82, 2.24) is 0 Å². The van der Waals surface area contributed by atoms with E-state index in [0.717, 1.165) is 5.56 Å². The number of carbonyl (C=O) groups excluding carboxylic acids is 1. The van der Waals surface area contributed by atoms with Gasteiger partial charge in [-0.1, -0.05) is 23.2 Å². The average molecular weight is 311 g/mol. The molecule has 0 aromatic heterocycles. The average Bonchev–Trinajstić information content (AvgIpc) is 2.41. The number of hydrogen-bond acceptors (Lipinski definition) is 3. The van der Waals surface area contributed by atoms with E-state index in [2.05, 4.69) is 0 Å². The first-order valence-corrected chi connectivity index (χ1v) is 6.65. The Labute approximate surface area is 127 Å². The third kappa shape index (κ3) is 4.15. The normalized spacial score (nSPS) is 10.2. The third-order valence-electron chi connectivity index (χ3n) is 2.49. The molecule has 3 nitrogen and oxygen atoms in total. The van der Waals surface area contributed by atoms with Crippen LogP contribution in [0.5, 0.6) is 11.5 Å². The molecular weight excluding hydrogens is 299 g/mol. The number of halogens is 2. The summed E-state index contributed by atoms with van der Waals surface area (Å²) in [7, 11) is 0. The number of carbonyl (C=O) groups is 1. The lowest BCUT2D eigenvalue weighted by Crippen LogP contribution is -2.01. The van der Waals surface area contributed by atoms with Crippen LogP contribution in [0.25, 0.3) is 0 Å². The SMILES string of the molecule is CC(=O)Oc1ccc(OCc2cc(Cl)ccc2Cl)cc1. The molecule has 2 aromatic rings. The molecule has 0 atom stereocenters. The predicted octanol–water partition coefficient (Wildman–Crippen LogP) is 4.50. The minimum absolute atomic E-state index is 0.312. The molecule has 104 valence electrons. The van der Waals surface area contributed by atoms with Gasteiger partial charge >= 0.3 is 5.97 Å². The Hall–Kier alpha value is -1.71. The maximum atomic E-state index is 10.8. The smallest absolute Gasteiger partial charge is 0.308 e. The summed E-state index contributed by atoms with van der Waals surface area (Å²) in [6.45, 7) is 1.66. The fourth-order valence-electron chi connectivity index (χ4n) is 1.58. The van der Waals surface area contributed by atoms with Crippen LogP contribution in [0.4, 0.5) is 0 Å². The van der Waals surface area contributed by atoms with E-state index < -0.39 is 0 Å². The number of ether oxygens (including phenoxy) is 2. The first-order chi connectivity index (χ1) is 9.54. The van der Waals surface area contributed by atoms with Gasteiger partial charge in [0.25, 0.3) is 0 Å². The second kappa shape index (κ2) is 6.64. The van der Waals surface area contributed by atoms with Crippen molar-refractivity contribution < 1.29 is 14.3 Å². The maximum absolute atomic E-state index is 10.8. The van der Waals surface area contributed by atoms with E-state index in [-0.39, 0.29) is 5.97 Å². The highest BCUT2D eigenvalue weighted by atomic mass is 35.5. The molecule has 20 heavy (non-hydrogen) atoms. The highest BCUT2D eigenvalue weighted by Crippen LogP contribution is 2.23. The Morgan fingerprint density at radius 2 is 1.70 bits per heavy atom. The summed E-state index contributed by atoms with van der Waals surface area (Å²) >= 11 is 12.0. The molecule has 0 aliphatic rings. The van der Waals surface area contributed by atoms with E-state index in [1.807, 2.05) is 0 Å². The Morgan fingerprint density at radius 1 is 1.05 bits per heavy atom. The molecule has 0 aliphatic carbocycles. The third-order valence-corrected chi connectivity index (χ3v) is 3.09. The van der Waals surface area contributed by atoms with Gasteiger partial charge in [-0.15, -0.1) is 0 Å². The highest BCUT2D eigenvalue weighted by Gasteiger charge is 2.03. The number of esters is 1. The van der Waals surface area contributed by atoms with Crippen LogP contribution in [0.2, 0.25) is 10.0 Å². The van der Waals surface area contributed by atoms with Gasteiger partial charge in [-0.3, -0.25) is 4.79 Å². The molecule has 0 spiro atoms. The Balaban J connectivity index is 2.00. The minimum atomic E-state index is -0.357. The monoisotopic (exact) mass is 310 g/mol. The first-order valence-electron chi connectivity index (χ1n) is 5.90. The zero-order valence-electron chi connectivity index (χ0n) is 10.7. The van der Waals surface area contributed by atoms with Gasteiger partial charge in [-0.05, 0) is 42.5 Å². The lowest BCUT2D eigenvalue weighted by atomic mass is 10.2. The summed E-state index contributed by atoms with van der Waals surface area (Å²) in [5.74, 6) is 0.770.